The molecule has 0 heterocycles. The van der Waals surface area contributed by atoms with E-state index in [9.17, 15) is 10.0 Å². The number of unbranched alkanes of at least 4 members (excludes halogenated alkanes) is 3. The van der Waals surface area contributed by atoms with Gasteiger partial charge in [0, 0.05) is 7.32 Å². The first-order chi connectivity index (χ1) is 21.1. The fraction of sp³-hybridized carbons (Fsp3) is 0.526. The summed E-state index contributed by atoms with van der Waals surface area (Å²) < 4.78 is 8.13. The van der Waals surface area contributed by atoms with E-state index in [1.165, 1.54) is 16.7 Å². The molecule has 5 nitrogen and oxygen atoms in total. The molecule has 0 bridgehead atoms. The number of aryl methyl sites for hydroxylation is 1. The zero-order valence-electron chi connectivity index (χ0n) is 30.5. The molecule has 0 spiro atoms. The highest BCUT2D eigenvalue weighted by molar-refractivity contribution is 7.09. The second-order valence-electron chi connectivity index (χ2n) is 14.7. The van der Waals surface area contributed by atoms with Crippen molar-refractivity contribution in [3.05, 3.63) is 89.5 Å². The molecule has 0 radical (unpaired) electrons. The molecule has 45 heavy (non-hydrogen) atoms. The Labute approximate surface area is 278 Å². The summed E-state index contributed by atoms with van der Waals surface area (Å²) in [5.74, 6) is 0. The molecule has 7 heteroatoms. The summed E-state index contributed by atoms with van der Waals surface area (Å²) in [6, 6.07) is 24.4. The van der Waals surface area contributed by atoms with Gasteiger partial charge in [0.15, 0.2) is 0 Å². The Morgan fingerprint density at radius 2 is 0.933 bits per heavy atom. The van der Waals surface area contributed by atoms with E-state index >= 15 is 0 Å². The maximum atomic E-state index is 12.3. The fourth-order valence-corrected chi connectivity index (χ4v) is 9.13. The number of benzene rings is 3. The predicted octanol–water partition coefficient (Wildman–Crippen LogP) is 4.05. The van der Waals surface area contributed by atoms with Crippen LogP contribution in [0.4, 0.5) is 0 Å². The maximum Gasteiger partial charge on any atom is 0.271 e. The molecule has 0 saturated carbocycles. The molecular weight excluding hydrogens is 571 g/mol. The minimum Gasteiger partial charge on any atom is -0.872 e. The minimum atomic E-state index is -3.33. The van der Waals surface area contributed by atoms with E-state index in [1.54, 1.807) is 0 Å². The smallest absolute Gasteiger partial charge is 0.271 e. The Kier molecular flexibility index (Phi) is 18.2. The van der Waals surface area contributed by atoms with Gasteiger partial charge in [-0.3, -0.25) is 0 Å². The molecule has 3 rings (SSSR count). The second kappa shape index (κ2) is 20.1. The summed E-state index contributed by atoms with van der Waals surface area (Å²) in [5, 5.41) is 27.6. The van der Waals surface area contributed by atoms with Crippen LogP contribution in [0.25, 0.3) is 0 Å². The summed E-state index contributed by atoms with van der Waals surface area (Å²) in [4.78, 5) is 0. The Hall–Kier alpha value is -2.26. The van der Waals surface area contributed by atoms with Crippen LogP contribution in [0.5, 0.6) is 0 Å². The van der Waals surface area contributed by atoms with E-state index in [1.807, 2.05) is 60.7 Å². The number of hydrogen-bond acceptors (Lipinski definition) is 3. The lowest BCUT2D eigenvalue weighted by molar-refractivity contribution is -0.849. The van der Waals surface area contributed by atoms with Crippen LogP contribution >= 0.6 is 0 Å². The van der Waals surface area contributed by atoms with Crippen LogP contribution in [-0.4, -0.2) is 81.0 Å². The summed E-state index contributed by atoms with van der Waals surface area (Å²) in [5.41, 5.74) is 4.15. The third-order valence-corrected chi connectivity index (χ3v) is 11.0. The monoisotopic (exact) mass is 634 g/mol. The van der Waals surface area contributed by atoms with E-state index in [2.05, 4.69) is 89.3 Å². The summed E-state index contributed by atoms with van der Waals surface area (Å²) in [6.07, 6.45) is 9.74. The Morgan fingerprint density at radius 1 is 0.556 bits per heavy atom. The molecular formula is C38H63BN2O3Si. The van der Waals surface area contributed by atoms with Crippen LogP contribution in [0.2, 0.25) is 0 Å². The molecule has 3 aromatic carbocycles. The molecule has 250 valence electrons. The Bertz CT molecular complexity index is 1150. The molecule has 0 fully saturated rings. The molecule has 3 aromatic rings. The highest BCUT2D eigenvalue weighted by Crippen LogP contribution is 2.24. The van der Waals surface area contributed by atoms with Gasteiger partial charge in [0.05, 0.1) is 56.4 Å². The van der Waals surface area contributed by atoms with Crippen LogP contribution in [0.1, 0.15) is 76.0 Å². The first-order valence-electron chi connectivity index (χ1n) is 16.9. The van der Waals surface area contributed by atoms with E-state index in [-0.39, 0.29) is 0 Å². The molecule has 0 aromatic heterocycles. The van der Waals surface area contributed by atoms with Crippen molar-refractivity contribution in [1.29, 1.82) is 0 Å². The topological polar surface area (TPSA) is 55.3 Å². The van der Waals surface area contributed by atoms with Crippen molar-refractivity contribution in [2.45, 2.75) is 78.6 Å². The Morgan fingerprint density at radius 3 is 1.31 bits per heavy atom. The van der Waals surface area contributed by atoms with Gasteiger partial charge in [-0.15, -0.1) is 0 Å². The fourth-order valence-electron chi connectivity index (χ4n) is 5.14. The average molecular weight is 635 g/mol. The molecule has 0 aliphatic heterocycles. The van der Waals surface area contributed by atoms with Gasteiger partial charge in [-0.25, -0.2) is 0 Å². The van der Waals surface area contributed by atoms with Crippen molar-refractivity contribution in [3.63, 3.8) is 0 Å². The van der Waals surface area contributed by atoms with Gasteiger partial charge in [0.1, 0.15) is 0 Å². The standard InChI is InChI=1S/C30H39BO3Si.2C4H12N/c1-4-7-16-25-23-24-30(29(22-9-6-3)28(25)21-8-5-2)35(34-31(32)33,26-17-12-10-13-18-26)27-19-14-11-15-20-27;2*1-5(2,3)4/h10-15,17-20,23-24H,4-9,16,21-22H2,1-3H3;2*1-4H3/q-2;2*+1. The quantitative estimate of drug-likeness (QED) is 0.153. The van der Waals surface area contributed by atoms with Gasteiger partial charge in [-0.1, -0.05) is 113 Å². The lowest BCUT2D eigenvalue weighted by Gasteiger charge is -2.43. The summed E-state index contributed by atoms with van der Waals surface area (Å²) in [7, 11) is 11.3. The number of nitrogens with zero attached hydrogens (tertiary/aromatic N) is 2. The lowest BCUT2D eigenvalue weighted by atomic mass is 9.91. The second-order valence-corrected chi connectivity index (χ2v) is 18.0. The van der Waals surface area contributed by atoms with Gasteiger partial charge in [0.2, 0.25) is 0 Å². The van der Waals surface area contributed by atoms with Crippen LogP contribution < -0.4 is 25.6 Å². The first kappa shape index (κ1) is 40.8. The predicted molar refractivity (Wildman–Crippen MR) is 195 cm³/mol. The normalized spacial score (nSPS) is 11.7. The molecule has 0 aliphatic rings. The highest BCUT2D eigenvalue weighted by Gasteiger charge is 2.42. The van der Waals surface area contributed by atoms with Crippen molar-refractivity contribution in [2.75, 3.05) is 56.4 Å². The van der Waals surface area contributed by atoms with Crippen molar-refractivity contribution in [3.8, 4) is 0 Å². The lowest BCUT2D eigenvalue weighted by Crippen LogP contribution is -2.74. The minimum absolute atomic E-state index is 0.936. The zero-order valence-corrected chi connectivity index (χ0v) is 31.5. The van der Waals surface area contributed by atoms with E-state index in [0.29, 0.717) is 0 Å². The first-order valence-corrected chi connectivity index (χ1v) is 18.8. The van der Waals surface area contributed by atoms with Gasteiger partial charge in [-0.05, 0) is 70.8 Å². The van der Waals surface area contributed by atoms with E-state index in [4.69, 9.17) is 4.34 Å². The van der Waals surface area contributed by atoms with Crippen LogP contribution in [0.3, 0.4) is 0 Å². The van der Waals surface area contributed by atoms with Crippen molar-refractivity contribution < 1.29 is 23.4 Å². The SMILES string of the molecule is CCCCc1ccc([Si](OB([O-])[O-])(c2ccccc2)c2ccccc2)c(CCCC)c1CCCC.C[N+](C)(C)C.C[N+](C)(C)C. The number of quaternary nitrogens is 2. The van der Waals surface area contributed by atoms with Crippen molar-refractivity contribution in [1.82, 2.24) is 0 Å². The number of rotatable bonds is 14. The molecule has 0 amide bonds. The largest absolute Gasteiger partial charge is 0.872 e. The van der Waals surface area contributed by atoms with Crippen LogP contribution in [-0.2, 0) is 23.6 Å². The van der Waals surface area contributed by atoms with Gasteiger partial charge in [0.25, 0.3) is 8.32 Å². The summed E-state index contributed by atoms with van der Waals surface area (Å²) >= 11 is 0. The van der Waals surface area contributed by atoms with Crippen molar-refractivity contribution in [2.24, 2.45) is 0 Å². The number of hydrogen-bond donors (Lipinski definition) is 0. The molecule has 0 saturated heterocycles. The van der Waals surface area contributed by atoms with Gasteiger partial charge in [-0.2, -0.15) is 0 Å². The van der Waals surface area contributed by atoms with E-state index in [0.717, 1.165) is 82.3 Å². The zero-order chi connectivity index (χ0) is 34.1. The average Bonchev–Trinajstić information content (AvgIpc) is 2.96. The molecule has 0 N–H and O–H groups in total. The Balaban J connectivity index is 0.000000877. The van der Waals surface area contributed by atoms with E-state index < -0.39 is 15.6 Å². The summed E-state index contributed by atoms with van der Waals surface area (Å²) in [6.45, 7) is 6.68. The van der Waals surface area contributed by atoms with Crippen LogP contribution in [0, 0.1) is 0 Å². The van der Waals surface area contributed by atoms with Gasteiger partial charge >= 0.3 is 0 Å². The molecule has 0 atom stereocenters. The van der Waals surface area contributed by atoms with Gasteiger partial charge < -0.3 is 23.4 Å². The maximum absolute atomic E-state index is 12.3. The third-order valence-electron chi connectivity index (χ3n) is 6.90. The highest BCUT2D eigenvalue weighted by atomic mass is 28.4. The van der Waals surface area contributed by atoms with Crippen LogP contribution in [0.15, 0.2) is 72.8 Å². The third kappa shape index (κ3) is 15.3. The van der Waals surface area contributed by atoms with Crippen molar-refractivity contribution >= 4 is 31.2 Å². The molecule has 0 aliphatic carbocycles. The molecule has 0 unspecified atom stereocenters.